The summed E-state index contributed by atoms with van der Waals surface area (Å²) in [6, 6.07) is 1.48. The minimum absolute atomic E-state index is 0. The Morgan fingerprint density at radius 1 is 1.10 bits per heavy atom. The molecule has 0 aliphatic heterocycles. The van der Waals surface area contributed by atoms with Gasteiger partial charge in [-0.2, -0.15) is 0 Å². The van der Waals surface area contributed by atoms with E-state index in [-0.39, 0.29) is 62.0 Å². The molecule has 0 bridgehead atoms. The van der Waals surface area contributed by atoms with Crippen LogP contribution < -0.4 is 59.1 Å². The van der Waals surface area contributed by atoms with Crippen LogP contribution >= 0.6 is 23.2 Å². The first-order chi connectivity index (χ1) is 3.79. The minimum atomic E-state index is 0. The van der Waals surface area contributed by atoms with Gasteiger partial charge in [-0.15, -0.1) is 0 Å². The Kier molecular flexibility index (Phi) is 10.4. The summed E-state index contributed by atoms with van der Waals surface area (Å²) in [7, 11) is 0. The third-order valence-electron chi connectivity index (χ3n) is 0.600. The summed E-state index contributed by atoms with van der Waals surface area (Å²) in [6.07, 6.45) is 1.31. The van der Waals surface area contributed by atoms with Crippen molar-refractivity contribution in [3.8, 4) is 0 Å². The molecule has 0 aliphatic carbocycles. The number of aromatic nitrogens is 2. The molecule has 0 saturated heterocycles. The molecule has 1 heterocycles. The number of rotatable bonds is 0. The van der Waals surface area contributed by atoms with Crippen molar-refractivity contribution in [2.24, 2.45) is 0 Å². The van der Waals surface area contributed by atoms with Crippen molar-refractivity contribution in [1.82, 2.24) is 9.97 Å². The molecule has 1 rings (SSSR count). The Morgan fingerprint density at radius 2 is 1.50 bits per heavy atom. The smallest absolute Gasteiger partial charge is 1.00 e. The van der Waals surface area contributed by atoms with Gasteiger partial charge in [0.15, 0.2) is 0 Å². The Bertz CT molecular complexity index is 187. The van der Waals surface area contributed by atoms with Gasteiger partial charge in [0.2, 0.25) is 0 Å². The Morgan fingerprint density at radius 3 is 1.70 bits per heavy atom. The first-order valence-electron chi connectivity index (χ1n) is 1.92. The molecule has 0 spiro atoms. The monoisotopic (exact) mass is 196 g/mol. The summed E-state index contributed by atoms with van der Waals surface area (Å²) >= 11 is 10.8. The van der Waals surface area contributed by atoms with Crippen LogP contribution in [0.25, 0.3) is 0 Å². The molecule has 1 aromatic heterocycles. The molecule has 2 nitrogen and oxygen atoms in total. The normalized spacial score (nSPS) is 7.40. The molecule has 0 unspecified atom stereocenters. The molecule has 1 aromatic rings. The van der Waals surface area contributed by atoms with E-state index in [1.807, 2.05) is 0 Å². The van der Waals surface area contributed by atoms with Gasteiger partial charge in [-0.3, -0.25) is 0 Å². The summed E-state index contributed by atoms with van der Waals surface area (Å²) in [4.78, 5) is 7.22. The second-order valence-electron chi connectivity index (χ2n) is 1.16. The number of hydrogen-bond acceptors (Lipinski definition) is 2. The van der Waals surface area contributed by atoms with E-state index in [0.29, 0.717) is 10.3 Å². The fraction of sp³-hybridized carbons (Fsp3) is 0. The van der Waals surface area contributed by atoms with Crippen LogP contribution in [-0.4, -0.2) is 9.97 Å². The van der Waals surface area contributed by atoms with Gasteiger partial charge in [-0.25, -0.2) is 9.97 Å². The minimum Gasteiger partial charge on any atom is -1.00 e. The molecule has 0 saturated carbocycles. The van der Waals surface area contributed by atoms with E-state index in [4.69, 9.17) is 23.2 Å². The van der Waals surface area contributed by atoms with Gasteiger partial charge in [0.05, 0.1) is 0 Å². The molecule has 0 amide bonds. The number of halogens is 2. The first-order valence-corrected chi connectivity index (χ1v) is 2.67. The molecule has 0 fully saturated rings. The van der Waals surface area contributed by atoms with E-state index in [1.54, 1.807) is 0 Å². The Hall–Kier alpha value is 1.66. The Labute approximate surface area is 116 Å². The Balaban J connectivity index is -0.0000000800. The SMILES string of the molecule is Clc1cc(Cl)ncn1.[H-].[H-].[Na+].[Na+]. The molecular weight excluding hydrogens is 193 g/mol. The van der Waals surface area contributed by atoms with Gasteiger partial charge >= 0.3 is 59.1 Å². The fourth-order valence-corrected chi connectivity index (χ4v) is 0.662. The number of hydrogen-bond donors (Lipinski definition) is 0. The van der Waals surface area contributed by atoms with Crippen LogP contribution in [0.4, 0.5) is 0 Å². The molecule has 10 heavy (non-hydrogen) atoms. The maximum atomic E-state index is 5.41. The summed E-state index contributed by atoms with van der Waals surface area (Å²) in [5, 5.41) is 0.731. The quantitative estimate of drug-likeness (QED) is 0.313. The van der Waals surface area contributed by atoms with Crippen LogP contribution in [0.2, 0.25) is 10.3 Å². The van der Waals surface area contributed by atoms with Crippen LogP contribution in [0.1, 0.15) is 2.85 Å². The summed E-state index contributed by atoms with van der Waals surface area (Å²) in [6.45, 7) is 0. The van der Waals surface area contributed by atoms with Crippen LogP contribution in [0.3, 0.4) is 0 Å². The first kappa shape index (κ1) is 14.2. The maximum absolute atomic E-state index is 5.41. The summed E-state index contributed by atoms with van der Waals surface area (Å²) in [5.74, 6) is 0. The molecule has 0 aliphatic rings. The summed E-state index contributed by atoms with van der Waals surface area (Å²) < 4.78 is 0. The van der Waals surface area contributed by atoms with Gasteiger partial charge in [-0.1, -0.05) is 23.2 Å². The van der Waals surface area contributed by atoms with Crippen molar-refractivity contribution in [2.45, 2.75) is 0 Å². The van der Waals surface area contributed by atoms with E-state index in [9.17, 15) is 0 Å². The second-order valence-corrected chi connectivity index (χ2v) is 1.94. The average molecular weight is 197 g/mol. The molecule has 6 heteroatoms. The standard InChI is InChI=1S/C4H2Cl2N2.2Na.2H/c5-3-1-4(6)8-2-7-3;;;;/h1-2H;;;;/q;2*+1;2*-1. The topological polar surface area (TPSA) is 25.8 Å². The van der Waals surface area contributed by atoms with Crippen LogP contribution in [0, 0.1) is 0 Å². The maximum Gasteiger partial charge on any atom is 1.00 e. The third kappa shape index (κ3) is 5.33. The zero-order valence-corrected chi connectivity index (χ0v) is 11.3. The van der Waals surface area contributed by atoms with Crippen LogP contribution in [0.5, 0.6) is 0 Å². The molecular formula is C4H4Cl2N2Na2. The van der Waals surface area contributed by atoms with Gasteiger partial charge < -0.3 is 2.85 Å². The van der Waals surface area contributed by atoms with E-state index in [0.717, 1.165) is 0 Å². The van der Waals surface area contributed by atoms with E-state index < -0.39 is 0 Å². The van der Waals surface area contributed by atoms with Gasteiger partial charge in [0, 0.05) is 6.07 Å². The summed E-state index contributed by atoms with van der Waals surface area (Å²) in [5.41, 5.74) is 0. The zero-order valence-electron chi connectivity index (χ0n) is 7.81. The largest absolute Gasteiger partial charge is 1.00 e. The molecule has 0 aromatic carbocycles. The van der Waals surface area contributed by atoms with Crippen molar-refractivity contribution in [1.29, 1.82) is 0 Å². The average Bonchev–Trinajstić information content (AvgIpc) is 1.64. The molecule has 0 N–H and O–H groups in total. The molecule has 0 radical (unpaired) electrons. The van der Waals surface area contributed by atoms with Crippen molar-refractivity contribution in [3.63, 3.8) is 0 Å². The van der Waals surface area contributed by atoms with E-state index in [1.165, 1.54) is 12.4 Å². The van der Waals surface area contributed by atoms with Crippen molar-refractivity contribution in [3.05, 3.63) is 22.7 Å². The van der Waals surface area contributed by atoms with Crippen molar-refractivity contribution in [2.75, 3.05) is 0 Å². The van der Waals surface area contributed by atoms with E-state index in [2.05, 4.69) is 9.97 Å². The molecule has 46 valence electrons. The van der Waals surface area contributed by atoms with E-state index >= 15 is 0 Å². The predicted octanol–water partition coefficient (Wildman–Crippen LogP) is -3.98. The predicted molar refractivity (Wildman–Crippen MR) is 34.3 cm³/mol. The zero-order chi connectivity index (χ0) is 5.98. The van der Waals surface area contributed by atoms with Crippen molar-refractivity contribution >= 4 is 23.2 Å². The molecule has 0 atom stereocenters. The second kappa shape index (κ2) is 7.32. The van der Waals surface area contributed by atoms with Crippen LogP contribution in [-0.2, 0) is 0 Å². The third-order valence-corrected chi connectivity index (χ3v) is 1.01. The fourth-order valence-electron chi connectivity index (χ4n) is 0.312. The van der Waals surface area contributed by atoms with Gasteiger partial charge in [-0.05, 0) is 0 Å². The number of nitrogens with zero attached hydrogens (tertiary/aromatic N) is 2. The van der Waals surface area contributed by atoms with Gasteiger partial charge in [0.1, 0.15) is 16.6 Å². The van der Waals surface area contributed by atoms with Gasteiger partial charge in [0.25, 0.3) is 0 Å². The van der Waals surface area contributed by atoms with Crippen LogP contribution in [0.15, 0.2) is 12.4 Å². The van der Waals surface area contributed by atoms with Crippen molar-refractivity contribution < 1.29 is 62.0 Å².